The molecule has 5 fully saturated rings. The van der Waals surface area contributed by atoms with Gasteiger partial charge in [0.15, 0.2) is 0 Å². The lowest BCUT2D eigenvalue weighted by Crippen LogP contribution is -2.57. The van der Waals surface area contributed by atoms with Crippen LogP contribution < -0.4 is 21.3 Å². The molecule has 4 aliphatic carbocycles. The van der Waals surface area contributed by atoms with E-state index in [1.54, 1.807) is 0 Å². The second-order valence-corrected chi connectivity index (χ2v) is 8.80. The SMILES string of the molecule is CNC1CN(c2cc(CNC3C4CC5CC(C4)CC3C5)nc(N)n2)C1. The molecule has 6 nitrogen and oxygen atoms in total. The summed E-state index contributed by atoms with van der Waals surface area (Å²) >= 11 is 0. The quantitative estimate of drug-likeness (QED) is 0.750. The Labute approximate surface area is 150 Å². The van der Waals surface area contributed by atoms with Crippen LogP contribution in [0.25, 0.3) is 0 Å². The minimum Gasteiger partial charge on any atom is -0.368 e. The third-order valence-corrected chi connectivity index (χ3v) is 7.14. The molecule has 1 saturated heterocycles. The maximum Gasteiger partial charge on any atom is 0.222 e. The molecule has 4 bridgehead atoms. The standard InChI is InChI=1S/C19H30N6/c1-21-16-9-25(10-16)17-7-15(23-19(20)24-17)8-22-18-13-3-11-2-12(5-13)6-14(18)4-11/h7,11-14,16,18,21-22H,2-6,8-10H2,1H3,(H2,20,23,24). The Kier molecular flexibility index (Phi) is 3.86. The summed E-state index contributed by atoms with van der Waals surface area (Å²) in [6, 6.07) is 3.36. The van der Waals surface area contributed by atoms with Crippen LogP contribution >= 0.6 is 0 Å². The van der Waals surface area contributed by atoms with Gasteiger partial charge in [0.25, 0.3) is 0 Å². The number of likely N-dealkylation sites (N-methyl/N-ethyl adjacent to an activating group) is 1. The van der Waals surface area contributed by atoms with E-state index in [0.29, 0.717) is 18.0 Å². The smallest absolute Gasteiger partial charge is 0.222 e. The van der Waals surface area contributed by atoms with E-state index in [1.165, 1.54) is 32.1 Å². The molecular weight excluding hydrogens is 312 g/mol. The molecule has 0 unspecified atom stereocenters. The minimum absolute atomic E-state index is 0.396. The van der Waals surface area contributed by atoms with Gasteiger partial charge in [0.1, 0.15) is 5.82 Å². The maximum atomic E-state index is 5.98. The van der Waals surface area contributed by atoms with Crippen molar-refractivity contribution in [2.45, 2.75) is 50.7 Å². The summed E-state index contributed by atoms with van der Waals surface area (Å²) in [6.45, 7) is 2.81. The van der Waals surface area contributed by atoms with Crippen LogP contribution in [0.3, 0.4) is 0 Å². The van der Waals surface area contributed by atoms with E-state index in [9.17, 15) is 0 Å². The number of anilines is 2. The molecule has 0 atom stereocenters. The van der Waals surface area contributed by atoms with Crippen LogP contribution in [0.5, 0.6) is 0 Å². The molecule has 1 aromatic rings. The van der Waals surface area contributed by atoms with E-state index in [0.717, 1.165) is 54.8 Å². The van der Waals surface area contributed by atoms with Crippen LogP contribution in [0.4, 0.5) is 11.8 Å². The molecular formula is C19H30N6. The topological polar surface area (TPSA) is 79.1 Å². The molecule has 0 spiro atoms. The summed E-state index contributed by atoms with van der Waals surface area (Å²) in [7, 11) is 2.01. The number of aromatic nitrogens is 2. The van der Waals surface area contributed by atoms with Gasteiger partial charge in [0, 0.05) is 37.8 Å². The highest BCUT2D eigenvalue weighted by Crippen LogP contribution is 2.53. The number of nitrogens with two attached hydrogens (primary N) is 1. The molecule has 2 heterocycles. The predicted molar refractivity (Wildman–Crippen MR) is 99.2 cm³/mol. The molecule has 1 aliphatic heterocycles. The molecule has 4 N–H and O–H groups in total. The van der Waals surface area contributed by atoms with Crippen LogP contribution in [0, 0.1) is 23.7 Å². The van der Waals surface area contributed by atoms with Crippen LogP contribution in [0.1, 0.15) is 37.8 Å². The Hall–Kier alpha value is -1.40. The van der Waals surface area contributed by atoms with Crippen molar-refractivity contribution >= 4 is 11.8 Å². The lowest BCUT2D eigenvalue weighted by Gasteiger charge is -2.54. The fourth-order valence-corrected chi connectivity index (χ4v) is 6.08. The highest BCUT2D eigenvalue weighted by Gasteiger charge is 2.47. The monoisotopic (exact) mass is 342 g/mol. The van der Waals surface area contributed by atoms with Crippen molar-refractivity contribution in [2.75, 3.05) is 30.8 Å². The molecule has 5 aliphatic rings. The summed E-state index contributed by atoms with van der Waals surface area (Å²) in [5.41, 5.74) is 7.01. The zero-order chi connectivity index (χ0) is 17.0. The van der Waals surface area contributed by atoms with Gasteiger partial charge in [-0.3, -0.25) is 0 Å². The Morgan fingerprint density at radius 3 is 2.40 bits per heavy atom. The van der Waals surface area contributed by atoms with Crippen LogP contribution in [0.2, 0.25) is 0 Å². The summed E-state index contributed by atoms with van der Waals surface area (Å²) < 4.78 is 0. The van der Waals surface area contributed by atoms with Gasteiger partial charge in [-0.1, -0.05) is 0 Å². The maximum absolute atomic E-state index is 5.98. The van der Waals surface area contributed by atoms with Crippen molar-refractivity contribution in [1.29, 1.82) is 0 Å². The average molecular weight is 342 g/mol. The first kappa shape index (κ1) is 15.8. The molecule has 1 aromatic heterocycles. The molecule has 25 heavy (non-hydrogen) atoms. The summed E-state index contributed by atoms with van der Waals surface area (Å²) in [6.07, 6.45) is 7.29. The number of hydrogen-bond acceptors (Lipinski definition) is 6. The second kappa shape index (κ2) is 6.09. The Morgan fingerprint density at radius 2 is 1.76 bits per heavy atom. The number of nitrogens with zero attached hydrogens (tertiary/aromatic N) is 3. The van der Waals surface area contributed by atoms with Crippen LogP contribution in [0.15, 0.2) is 6.07 Å². The molecule has 0 aromatic carbocycles. The normalized spacial score (nSPS) is 36.7. The van der Waals surface area contributed by atoms with Gasteiger partial charge in [-0.25, -0.2) is 4.98 Å². The third-order valence-electron chi connectivity index (χ3n) is 7.14. The first-order valence-corrected chi connectivity index (χ1v) is 9.97. The van der Waals surface area contributed by atoms with Crippen LogP contribution in [-0.4, -0.2) is 42.2 Å². The summed E-state index contributed by atoms with van der Waals surface area (Å²) in [4.78, 5) is 11.2. The number of rotatable bonds is 5. The highest BCUT2D eigenvalue weighted by atomic mass is 15.3. The van der Waals surface area contributed by atoms with E-state index in [1.807, 2.05) is 7.05 Å². The molecule has 6 heteroatoms. The lowest BCUT2D eigenvalue weighted by molar-refractivity contribution is -0.0143. The fourth-order valence-electron chi connectivity index (χ4n) is 6.08. The summed E-state index contributed by atoms with van der Waals surface area (Å²) in [5.74, 6) is 5.19. The number of nitrogen functional groups attached to an aromatic ring is 1. The van der Waals surface area contributed by atoms with Crippen LogP contribution in [-0.2, 0) is 6.54 Å². The highest BCUT2D eigenvalue weighted by molar-refractivity contribution is 5.46. The van der Waals surface area contributed by atoms with Crippen molar-refractivity contribution in [3.63, 3.8) is 0 Å². The van der Waals surface area contributed by atoms with Gasteiger partial charge in [-0.2, -0.15) is 4.98 Å². The van der Waals surface area contributed by atoms with Crippen molar-refractivity contribution in [1.82, 2.24) is 20.6 Å². The Balaban J connectivity index is 1.25. The Morgan fingerprint density at radius 1 is 1.08 bits per heavy atom. The average Bonchev–Trinajstić information content (AvgIpc) is 2.52. The van der Waals surface area contributed by atoms with Gasteiger partial charge in [-0.05, 0) is 62.8 Å². The fraction of sp³-hybridized carbons (Fsp3) is 0.789. The molecule has 6 rings (SSSR count). The number of nitrogens with one attached hydrogen (secondary N) is 2. The van der Waals surface area contributed by atoms with Gasteiger partial charge in [0.2, 0.25) is 5.95 Å². The van der Waals surface area contributed by atoms with Gasteiger partial charge in [0.05, 0.1) is 5.69 Å². The van der Waals surface area contributed by atoms with Gasteiger partial charge < -0.3 is 21.3 Å². The van der Waals surface area contributed by atoms with Crippen molar-refractivity contribution in [3.05, 3.63) is 11.8 Å². The molecule has 0 radical (unpaired) electrons. The number of hydrogen-bond donors (Lipinski definition) is 3. The predicted octanol–water partition coefficient (Wildman–Crippen LogP) is 1.38. The zero-order valence-electron chi connectivity index (χ0n) is 15.1. The Bertz CT molecular complexity index is 613. The van der Waals surface area contributed by atoms with Gasteiger partial charge in [-0.15, -0.1) is 0 Å². The van der Waals surface area contributed by atoms with E-state index in [2.05, 4.69) is 31.6 Å². The molecule has 136 valence electrons. The third kappa shape index (κ3) is 2.89. The van der Waals surface area contributed by atoms with Crippen molar-refractivity contribution in [3.8, 4) is 0 Å². The van der Waals surface area contributed by atoms with E-state index in [4.69, 9.17) is 5.73 Å². The summed E-state index contributed by atoms with van der Waals surface area (Å²) in [5, 5.41) is 7.15. The lowest BCUT2D eigenvalue weighted by atomic mass is 9.54. The zero-order valence-corrected chi connectivity index (χ0v) is 15.1. The first-order valence-electron chi connectivity index (χ1n) is 9.97. The van der Waals surface area contributed by atoms with Crippen molar-refractivity contribution in [2.24, 2.45) is 23.7 Å². The second-order valence-electron chi connectivity index (χ2n) is 8.80. The first-order chi connectivity index (χ1) is 12.2. The van der Waals surface area contributed by atoms with E-state index < -0.39 is 0 Å². The van der Waals surface area contributed by atoms with E-state index in [-0.39, 0.29) is 0 Å². The van der Waals surface area contributed by atoms with E-state index >= 15 is 0 Å². The largest absolute Gasteiger partial charge is 0.368 e. The minimum atomic E-state index is 0.396. The molecule has 0 amide bonds. The van der Waals surface area contributed by atoms with Gasteiger partial charge >= 0.3 is 0 Å². The van der Waals surface area contributed by atoms with Crippen molar-refractivity contribution < 1.29 is 0 Å². The molecule has 4 saturated carbocycles.